The quantitative estimate of drug-likeness (QED) is 0.653. The Balaban J connectivity index is 2.22. The fourth-order valence-electron chi connectivity index (χ4n) is 1.62. The predicted molar refractivity (Wildman–Crippen MR) is 71.4 cm³/mol. The van der Waals surface area contributed by atoms with E-state index in [1.54, 1.807) is 13.4 Å². The first-order valence-corrected chi connectivity index (χ1v) is 6.56. The highest BCUT2D eigenvalue weighted by Crippen LogP contribution is 2.12. The van der Waals surface area contributed by atoms with E-state index in [2.05, 4.69) is 19.2 Å². The summed E-state index contributed by atoms with van der Waals surface area (Å²) in [6.45, 7) is 8.22. The first-order chi connectivity index (χ1) is 8.74. The summed E-state index contributed by atoms with van der Waals surface area (Å²) < 4.78 is 15.9. The Morgan fingerprint density at radius 3 is 2.89 bits per heavy atom. The summed E-state index contributed by atoms with van der Waals surface area (Å²) in [4.78, 5) is 0. The van der Waals surface area contributed by atoms with E-state index < -0.39 is 0 Å². The molecule has 0 aliphatic rings. The molecule has 4 heteroatoms. The number of hydrogen-bond acceptors (Lipinski definition) is 4. The minimum Gasteiger partial charge on any atom is -0.467 e. The van der Waals surface area contributed by atoms with Crippen LogP contribution in [0.15, 0.2) is 16.7 Å². The molecule has 1 rings (SSSR count). The molecule has 0 aliphatic heterocycles. The Morgan fingerprint density at radius 1 is 1.33 bits per heavy atom. The van der Waals surface area contributed by atoms with E-state index in [1.165, 1.54) is 5.56 Å². The summed E-state index contributed by atoms with van der Waals surface area (Å²) in [5, 5.41) is 3.40. The summed E-state index contributed by atoms with van der Waals surface area (Å²) in [6, 6.07) is 2.00. The van der Waals surface area contributed by atoms with Crippen molar-refractivity contribution in [2.24, 2.45) is 5.92 Å². The largest absolute Gasteiger partial charge is 0.467 e. The van der Waals surface area contributed by atoms with Crippen LogP contribution in [0.25, 0.3) is 0 Å². The Labute approximate surface area is 110 Å². The minimum absolute atomic E-state index is 0.537. The van der Waals surface area contributed by atoms with E-state index in [4.69, 9.17) is 13.9 Å². The number of methoxy groups -OCH3 is 1. The molecule has 18 heavy (non-hydrogen) atoms. The van der Waals surface area contributed by atoms with E-state index in [9.17, 15) is 0 Å². The predicted octanol–water partition coefficient (Wildman–Crippen LogP) is 2.58. The average Bonchev–Trinajstić information content (AvgIpc) is 2.76. The average molecular weight is 255 g/mol. The highest BCUT2D eigenvalue weighted by atomic mass is 16.5. The Morgan fingerprint density at radius 2 is 2.17 bits per heavy atom. The van der Waals surface area contributed by atoms with E-state index in [0.29, 0.717) is 19.1 Å². The van der Waals surface area contributed by atoms with Crippen LogP contribution in [-0.2, 0) is 22.6 Å². The topological polar surface area (TPSA) is 43.6 Å². The van der Waals surface area contributed by atoms with Crippen LogP contribution in [0.4, 0.5) is 0 Å². The summed E-state index contributed by atoms with van der Waals surface area (Å²) in [5.74, 6) is 1.58. The van der Waals surface area contributed by atoms with Crippen molar-refractivity contribution < 1.29 is 13.9 Å². The molecule has 0 aromatic carbocycles. The molecule has 0 unspecified atom stereocenters. The van der Waals surface area contributed by atoms with Crippen molar-refractivity contribution in [3.63, 3.8) is 0 Å². The normalized spacial score (nSPS) is 11.3. The number of furan rings is 1. The number of ether oxygens (including phenoxy) is 2. The van der Waals surface area contributed by atoms with E-state index in [-0.39, 0.29) is 0 Å². The van der Waals surface area contributed by atoms with Crippen molar-refractivity contribution >= 4 is 0 Å². The fourth-order valence-corrected chi connectivity index (χ4v) is 1.62. The number of hydrogen-bond donors (Lipinski definition) is 1. The molecular formula is C14H25NO3. The van der Waals surface area contributed by atoms with E-state index in [1.807, 2.05) is 6.07 Å². The van der Waals surface area contributed by atoms with Crippen molar-refractivity contribution in [2.75, 3.05) is 26.9 Å². The molecule has 0 amide bonds. The van der Waals surface area contributed by atoms with Gasteiger partial charge in [0.15, 0.2) is 0 Å². The Kier molecular flexibility index (Phi) is 7.73. The van der Waals surface area contributed by atoms with Crippen LogP contribution < -0.4 is 5.32 Å². The minimum atomic E-state index is 0.537. The molecule has 0 spiro atoms. The zero-order valence-electron chi connectivity index (χ0n) is 11.7. The van der Waals surface area contributed by atoms with Gasteiger partial charge in [-0.25, -0.2) is 0 Å². The maximum absolute atomic E-state index is 5.55. The zero-order chi connectivity index (χ0) is 13.2. The summed E-state index contributed by atoms with van der Waals surface area (Å²) in [7, 11) is 1.70. The molecule has 0 fully saturated rings. The Hall–Kier alpha value is -0.840. The molecule has 104 valence electrons. The molecule has 0 aliphatic carbocycles. The van der Waals surface area contributed by atoms with E-state index in [0.717, 1.165) is 31.9 Å². The van der Waals surface area contributed by atoms with Crippen LogP contribution in [0.1, 0.15) is 31.6 Å². The van der Waals surface area contributed by atoms with Crippen LogP contribution in [-0.4, -0.2) is 26.9 Å². The first kappa shape index (κ1) is 15.2. The van der Waals surface area contributed by atoms with Gasteiger partial charge >= 0.3 is 0 Å². The van der Waals surface area contributed by atoms with Gasteiger partial charge in [0.05, 0.1) is 6.26 Å². The van der Waals surface area contributed by atoms with Gasteiger partial charge in [-0.15, -0.1) is 0 Å². The number of nitrogens with one attached hydrogen (secondary N) is 1. The van der Waals surface area contributed by atoms with E-state index >= 15 is 0 Å². The zero-order valence-corrected chi connectivity index (χ0v) is 11.7. The molecule has 0 saturated heterocycles. The molecule has 1 aromatic heterocycles. The molecular weight excluding hydrogens is 230 g/mol. The second-order valence-corrected chi connectivity index (χ2v) is 4.79. The molecule has 0 atom stereocenters. The standard InChI is InChI=1S/C14H25NO3/c1-12(2)9-15-10-13-5-8-18-14(13)11-17-7-4-6-16-3/h5,8,12,15H,4,6-7,9-11H2,1-3H3. The van der Waals surface area contributed by atoms with Gasteiger partial charge in [0.2, 0.25) is 0 Å². The molecule has 1 N–H and O–H groups in total. The van der Waals surface area contributed by atoms with Crippen molar-refractivity contribution in [3.8, 4) is 0 Å². The van der Waals surface area contributed by atoms with Gasteiger partial charge in [-0.3, -0.25) is 0 Å². The molecule has 0 radical (unpaired) electrons. The second kappa shape index (κ2) is 9.14. The lowest BCUT2D eigenvalue weighted by Gasteiger charge is -2.08. The molecule has 1 aromatic rings. The van der Waals surface area contributed by atoms with Crippen molar-refractivity contribution in [3.05, 3.63) is 23.7 Å². The van der Waals surface area contributed by atoms with Gasteiger partial charge in [0.25, 0.3) is 0 Å². The van der Waals surface area contributed by atoms with Crippen LogP contribution in [0, 0.1) is 5.92 Å². The van der Waals surface area contributed by atoms with Gasteiger partial charge in [0.1, 0.15) is 12.4 Å². The van der Waals surface area contributed by atoms with Crippen LogP contribution in [0.5, 0.6) is 0 Å². The van der Waals surface area contributed by atoms with Crippen LogP contribution in [0.2, 0.25) is 0 Å². The molecule has 0 saturated carbocycles. The van der Waals surface area contributed by atoms with Crippen LogP contribution in [0.3, 0.4) is 0 Å². The third kappa shape index (κ3) is 6.19. The van der Waals surface area contributed by atoms with Crippen molar-refractivity contribution in [1.29, 1.82) is 0 Å². The smallest absolute Gasteiger partial charge is 0.133 e. The molecule has 1 heterocycles. The fraction of sp³-hybridized carbons (Fsp3) is 0.714. The first-order valence-electron chi connectivity index (χ1n) is 6.56. The molecule has 0 bridgehead atoms. The number of rotatable bonds is 10. The van der Waals surface area contributed by atoms with Gasteiger partial charge in [-0.05, 0) is 24.9 Å². The monoisotopic (exact) mass is 255 g/mol. The molecule has 4 nitrogen and oxygen atoms in total. The highest BCUT2D eigenvalue weighted by Gasteiger charge is 2.06. The highest BCUT2D eigenvalue weighted by molar-refractivity contribution is 5.16. The summed E-state index contributed by atoms with van der Waals surface area (Å²) in [5.41, 5.74) is 1.18. The third-order valence-electron chi connectivity index (χ3n) is 2.58. The van der Waals surface area contributed by atoms with Crippen LogP contribution >= 0.6 is 0 Å². The third-order valence-corrected chi connectivity index (χ3v) is 2.58. The summed E-state index contributed by atoms with van der Waals surface area (Å²) in [6.07, 6.45) is 2.64. The SMILES string of the molecule is COCCCOCc1occc1CNCC(C)C. The Bertz CT molecular complexity index is 310. The van der Waals surface area contributed by atoms with Crippen molar-refractivity contribution in [1.82, 2.24) is 5.32 Å². The lowest BCUT2D eigenvalue weighted by Crippen LogP contribution is -2.19. The maximum Gasteiger partial charge on any atom is 0.133 e. The van der Waals surface area contributed by atoms with Crippen molar-refractivity contribution in [2.45, 2.75) is 33.4 Å². The summed E-state index contributed by atoms with van der Waals surface area (Å²) >= 11 is 0. The van der Waals surface area contributed by atoms with Gasteiger partial charge in [0, 0.05) is 32.4 Å². The van der Waals surface area contributed by atoms with Gasteiger partial charge in [-0.2, -0.15) is 0 Å². The van der Waals surface area contributed by atoms with Gasteiger partial charge < -0.3 is 19.2 Å². The van der Waals surface area contributed by atoms with Gasteiger partial charge in [-0.1, -0.05) is 13.8 Å². The second-order valence-electron chi connectivity index (χ2n) is 4.79. The lowest BCUT2D eigenvalue weighted by molar-refractivity contribution is 0.0821. The lowest BCUT2D eigenvalue weighted by atomic mass is 10.2. The maximum atomic E-state index is 5.55.